The summed E-state index contributed by atoms with van der Waals surface area (Å²) in [5.41, 5.74) is 3.53. The van der Waals surface area contributed by atoms with E-state index >= 15 is 0 Å². The van der Waals surface area contributed by atoms with Gasteiger partial charge in [-0.05, 0) is 55.4 Å². The van der Waals surface area contributed by atoms with Gasteiger partial charge in [0.2, 0.25) is 5.91 Å². The van der Waals surface area contributed by atoms with Crippen molar-refractivity contribution in [3.8, 4) is 5.75 Å². The molecule has 5 nitrogen and oxygen atoms in total. The third kappa shape index (κ3) is 4.71. The van der Waals surface area contributed by atoms with Gasteiger partial charge in [0, 0.05) is 16.9 Å². The van der Waals surface area contributed by atoms with E-state index in [1.54, 1.807) is 24.3 Å². The molecule has 8 heteroatoms. The Bertz CT molecular complexity index is 965. The highest BCUT2D eigenvalue weighted by atomic mass is 32.1. The second-order valence-electron chi connectivity index (χ2n) is 6.78. The van der Waals surface area contributed by atoms with Gasteiger partial charge < -0.3 is 20.7 Å². The number of ether oxygens (including phenoxy) is 1. The highest BCUT2D eigenvalue weighted by molar-refractivity contribution is 7.80. The molecular formula is C21H21F2N3O2S. The van der Waals surface area contributed by atoms with Crippen LogP contribution in [0.2, 0.25) is 0 Å². The van der Waals surface area contributed by atoms with Crippen LogP contribution in [0, 0.1) is 19.8 Å². The predicted molar refractivity (Wildman–Crippen MR) is 112 cm³/mol. The molecule has 152 valence electrons. The van der Waals surface area contributed by atoms with Crippen molar-refractivity contribution in [3.05, 3.63) is 71.4 Å². The number of para-hydroxylation sites is 1. The zero-order chi connectivity index (χ0) is 21.1. The van der Waals surface area contributed by atoms with Gasteiger partial charge in [-0.1, -0.05) is 30.8 Å². The van der Waals surface area contributed by atoms with Gasteiger partial charge in [-0.25, -0.2) is 0 Å². The molecule has 1 amide bonds. The number of nitrogens with one attached hydrogen (secondary N) is 3. The average Bonchev–Trinajstić information content (AvgIpc) is 2.64. The van der Waals surface area contributed by atoms with Gasteiger partial charge >= 0.3 is 6.61 Å². The van der Waals surface area contributed by atoms with Crippen LogP contribution < -0.4 is 20.7 Å². The molecule has 0 aromatic heterocycles. The SMILES string of the molecule is C=C1NC(=S)N[C@H](c2ccccc2OC(F)F)[C@@H]1C(=O)Nc1ccc(C)c(C)c1. The van der Waals surface area contributed by atoms with Crippen molar-refractivity contribution in [2.45, 2.75) is 26.5 Å². The minimum absolute atomic E-state index is 0.0264. The lowest BCUT2D eigenvalue weighted by Crippen LogP contribution is -2.51. The molecule has 1 aliphatic heterocycles. The molecule has 2 aromatic rings. The molecule has 3 rings (SSSR count). The van der Waals surface area contributed by atoms with Gasteiger partial charge in [0.1, 0.15) is 11.7 Å². The summed E-state index contributed by atoms with van der Waals surface area (Å²) in [5, 5.41) is 8.97. The number of rotatable bonds is 5. The summed E-state index contributed by atoms with van der Waals surface area (Å²) in [5.74, 6) is -1.19. The average molecular weight is 417 g/mol. The van der Waals surface area contributed by atoms with Gasteiger partial charge in [-0.3, -0.25) is 4.79 Å². The number of halogens is 2. The van der Waals surface area contributed by atoms with Crippen molar-refractivity contribution in [1.29, 1.82) is 0 Å². The maximum atomic E-state index is 13.1. The first kappa shape index (κ1) is 20.7. The van der Waals surface area contributed by atoms with Crippen molar-refractivity contribution < 1.29 is 18.3 Å². The van der Waals surface area contributed by atoms with E-state index < -0.39 is 18.6 Å². The van der Waals surface area contributed by atoms with E-state index in [1.807, 2.05) is 26.0 Å². The number of amides is 1. The maximum absolute atomic E-state index is 13.1. The Hall–Kier alpha value is -3.00. The number of carbonyl (C=O) groups excluding carboxylic acids is 1. The summed E-state index contributed by atoms with van der Waals surface area (Å²) < 4.78 is 30.4. The van der Waals surface area contributed by atoms with Crippen molar-refractivity contribution in [3.63, 3.8) is 0 Å². The zero-order valence-electron chi connectivity index (χ0n) is 16.0. The smallest absolute Gasteiger partial charge is 0.387 e. The summed E-state index contributed by atoms with van der Waals surface area (Å²) in [6.07, 6.45) is 0. The van der Waals surface area contributed by atoms with E-state index in [4.69, 9.17) is 12.2 Å². The number of aryl methyl sites for hydroxylation is 2. The Kier molecular flexibility index (Phi) is 6.12. The fourth-order valence-electron chi connectivity index (χ4n) is 3.23. The number of alkyl halides is 2. The van der Waals surface area contributed by atoms with Crippen molar-refractivity contribution in [2.75, 3.05) is 5.32 Å². The lowest BCUT2D eigenvalue weighted by Gasteiger charge is -2.36. The van der Waals surface area contributed by atoms with Gasteiger partial charge in [-0.2, -0.15) is 8.78 Å². The molecule has 3 N–H and O–H groups in total. The van der Waals surface area contributed by atoms with Crippen LogP contribution in [-0.4, -0.2) is 17.6 Å². The second kappa shape index (κ2) is 8.57. The van der Waals surface area contributed by atoms with Crippen molar-refractivity contribution in [2.24, 2.45) is 5.92 Å². The van der Waals surface area contributed by atoms with E-state index in [2.05, 4.69) is 27.3 Å². The first-order chi connectivity index (χ1) is 13.8. The third-order valence-corrected chi connectivity index (χ3v) is 5.02. The molecule has 1 heterocycles. The highest BCUT2D eigenvalue weighted by Gasteiger charge is 2.38. The Balaban J connectivity index is 1.94. The summed E-state index contributed by atoms with van der Waals surface area (Å²) in [7, 11) is 0. The number of hydrogen-bond donors (Lipinski definition) is 3. The van der Waals surface area contributed by atoms with E-state index in [0.29, 0.717) is 16.9 Å². The lowest BCUT2D eigenvalue weighted by molar-refractivity contribution is -0.119. The van der Waals surface area contributed by atoms with E-state index in [1.165, 1.54) is 6.07 Å². The number of carbonyl (C=O) groups is 1. The largest absolute Gasteiger partial charge is 0.434 e. The second-order valence-corrected chi connectivity index (χ2v) is 7.19. The first-order valence-corrected chi connectivity index (χ1v) is 9.35. The van der Waals surface area contributed by atoms with Crippen LogP contribution in [0.5, 0.6) is 5.75 Å². The molecule has 0 saturated carbocycles. The van der Waals surface area contributed by atoms with Crippen LogP contribution in [0.25, 0.3) is 0 Å². The van der Waals surface area contributed by atoms with Gasteiger partial charge in [0.25, 0.3) is 0 Å². The number of hydrogen-bond acceptors (Lipinski definition) is 3. The summed E-state index contributed by atoms with van der Waals surface area (Å²) in [4.78, 5) is 13.1. The maximum Gasteiger partial charge on any atom is 0.387 e. The fourth-order valence-corrected chi connectivity index (χ4v) is 3.49. The molecule has 2 atom stereocenters. The standard InChI is InChI=1S/C21H21F2N3O2S/c1-11-8-9-14(10-12(11)2)25-19(27)17-13(3)24-21(29)26-18(17)15-6-4-5-7-16(15)28-20(22)23/h4-10,17-18,20H,3H2,1-2H3,(H,25,27)(H2,24,26,29)/t17-,18-/m1/s1. The minimum Gasteiger partial charge on any atom is -0.434 e. The molecule has 1 aliphatic rings. The molecule has 0 radical (unpaired) electrons. The molecule has 0 bridgehead atoms. The Morgan fingerprint density at radius 1 is 1.21 bits per heavy atom. The quantitative estimate of drug-likeness (QED) is 0.637. The monoisotopic (exact) mass is 417 g/mol. The molecule has 0 spiro atoms. The third-order valence-electron chi connectivity index (χ3n) is 4.80. The Morgan fingerprint density at radius 3 is 2.62 bits per heavy atom. The number of anilines is 1. The molecule has 1 saturated heterocycles. The van der Waals surface area contributed by atoms with Gasteiger partial charge in [0.05, 0.1) is 6.04 Å². The minimum atomic E-state index is -2.99. The Morgan fingerprint density at radius 2 is 1.93 bits per heavy atom. The van der Waals surface area contributed by atoms with Crippen molar-refractivity contribution >= 4 is 28.9 Å². The van der Waals surface area contributed by atoms with Crippen LogP contribution >= 0.6 is 12.2 Å². The predicted octanol–water partition coefficient (Wildman–Crippen LogP) is 4.19. The van der Waals surface area contributed by atoms with Crippen molar-refractivity contribution in [1.82, 2.24) is 10.6 Å². The summed E-state index contributed by atoms with van der Waals surface area (Å²) in [6.45, 7) is 4.86. The summed E-state index contributed by atoms with van der Waals surface area (Å²) >= 11 is 5.19. The normalized spacial score (nSPS) is 18.8. The molecule has 0 unspecified atom stereocenters. The van der Waals surface area contributed by atoms with Crippen LogP contribution in [-0.2, 0) is 4.79 Å². The molecule has 2 aromatic carbocycles. The highest BCUT2D eigenvalue weighted by Crippen LogP contribution is 2.36. The summed E-state index contributed by atoms with van der Waals surface area (Å²) in [6, 6.07) is 11.2. The van der Waals surface area contributed by atoms with Gasteiger partial charge in [-0.15, -0.1) is 0 Å². The zero-order valence-corrected chi connectivity index (χ0v) is 16.8. The Labute approximate surface area is 173 Å². The fraction of sp³-hybridized carbons (Fsp3) is 0.238. The van der Waals surface area contributed by atoms with Crippen LogP contribution in [0.4, 0.5) is 14.5 Å². The van der Waals surface area contributed by atoms with Gasteiger partial charge in [0.15, 0.2) is 5.11 Å². The van der Waals surface area contributed by atoms with Crippen LogP contribution in [0.1, 0.15) is 22.7 Å². The number of thiocarbonyl (C=S) groups is 1. The number of benzene rings is 2. The molecule has 0 aliphatic carbocycles. The molecular weight excluding hydrogens is 396 g/mol. The lowest BCUT2D eigenvalue weighted by atomic mass is 9.87. The molecule has 1 fully saturated rings. The van der Waals surface area contributed by atoms with Crippen LogP contribution in [0.3, 0.4) is 0 Å². The van der Waals surface area contributed by atoms with Crippen LogP contribution in [0.15, 0.2) is 54.7 Å². The van der Waals surface area contributed by atoms with E-state index in [9.17, 15) is 13.6 Å². The van der Waals surface area contributed by atoms with E-state index in [0.717, 1.165) is 11.1 Å². The van der Waals surface area contributed by atoms with E-state index in [-0.39, 0.29) is 16.8 Å². The molecule has 29 heavy (non-hydrogen) atoms. The topological polar surface area (TPSA) is 62.4 Å². The first-order valence-electron chi connectivity index (χ1n) is 8.94.